The third-order valence-corrected chi connectivity index (χ3v) is 8.34. The van der Waals surface area contributed by atoms with Gasteiger partial charge in [0.25, 0.3) is 0 Å². The Morgan fingerprint density at radius 3 is 2.63 bits per heavy atom. The van der Waals surface area contributed by atoms with E-state index in [1.54, 1.807) is 47.4 Å². The fraction of sp³-hybridized carbons (Fsp3) is 0.216. The summed E-state index contributed by atoms with van der Waals surface area (Å²) in [5.41, 5.74) is 4.70. The van der Waals surface area contributed by atoms with Crippen molar-refractivity contribution in [3.8, 4) is 29.0 Å². The van der Waals surface area contributed by atoms with Gasteiger partial charge in [0.05, 0.1) is 52.4 Å². The van der Waals surface area contributed by atoms with Crippen molar-refractivity contribution in [3.05, 3.63) is 124 Å². The Balaban J connectivity index is 1.08. The van der Waals surface area contributed by atoms with Crippen molar-refractivity contribution in [2.24, 2.45) is 7.05 Å². The van der Waals surface area contributed by atoms with E-state index in [0.717, 1.165) is 35.2 Å². The number of pyridine rings is 2. The van der Waals surface area contributed by atoms with Crippen molar-refractivity contribution in [2.75, 3.05) is 6.61 Å². The summed E-state index contributed by atoms with van der Waals surface area (Å²) >= 11 is 0. The van der Waals surface area contributed by atoms with Gasteiger partial charge in [0.2, 0.25) is 5.88 Å². The van der Waals surface area contributed by atoms with Gasteiger partial charge in [-0.2, -0.15) is 5.10 Å². The minimum Gasteiger partial charge on any atom is -0.478 e. The molecule has 0 spiro atoms. The Hall–Kier alpha value is -5.93. The maximum absolute atomic E-state index is 15.6. The van der Waals surface area contributed by atoms with Crippen molar-refractivity contribution in [1.29, 1.82) is 0 Å². The SMILES string of the molecule is Cc1cc(C#Cc2cnn(C)c2)cnc1COc1cccc(-c2cc(F)c(Cc3nc4ccc(C(=O)O)cc4n3CC3CCO3)cc2F)n1. The monoisotopic (exact) mass is 660 g/mol. The fourth-order valence-corrected chi connectivity index (χ4v) is 5.61. The standard InChI is InChI=1S/C37H30F2N6O4/c1-22-12-23(6-7-24-18-41-44(2)19-24)17-40-33(22)21-49-36-5-3-4-31(43-36)28-16-29(38)26(13-30(28)39)15-35-42-32-9-8-25(37(46)47)14-34(32)45(35)20-27-10-11-48-27/h3-5,8-9,12-14,16-19,27H,10-11,15,20-21H2,1-2H3,(H,46,47). The molecule has 1 unspecified atom stereocenters. The smallest absolute Gasteiger partial charge is 0.335 e. The van der Waals surface area contributed by atoms with E-state index in [1.807, 2.05) is 30.8 Å². The Morgan fingerprint density at radius 1 is 1.06 bits per heavy atom. The van der Waals surface area contributed by atoms with Gasteiger partial charge in [0.15, 0.2) is 0 Å². The Labute approximate surface area is 280 Å². The second kappa shape index (κ2) is 13.3. The van der Waals surface area contributed by atoms with E-state index in [1.165, 1.54) is 6.07 Å². The van der Waals surface area contributed by atoms with Crippen LogP contribution in [-0.4, -0.2) is 53.1 Å². The number of aromatic nitrogens is 6. The number of imidazole rings is 1. The van der Waals surface area contributed by atoms with Gasteiger partial charge in [-0.3, -0.25) is 9.67 Å². The predicted molar refractivity (Wildman–Crippen MR) is 176 cm³/mol. The lowest BCUT2D eigenvalue weighted by Gasteiger charge is -2.27. The summed E-state index contributed by atoms with van der Waals surface area (Å²) in [4.78, 5) is 25.2. The molecule has 4 aromatic heterocycles. The van der Waals surface area contributed by atoms with E-state index in [-0.39, 0.29) is 47.4 Å². The van der Waals surface area contributed by atoms with Crippen LogP contribution in [0.2, 0.25) is 0 Å². The molecule has 1 fully saturated rings. The Bertz CT molecular complexity index is 2280. The van der Waals surface area contributed by atoms with Crippen LogP contribution in [0, 0.1) is 30.4 Å². The molecule has 0 aliphatic carbocycles. The van der Waals surface area contributed by atoms with Crippen LogP contribution in [0.4, 0.5) is 8.78 Å². The normalized spacial score (nSPS) is 13.9. The number of rotatable bonds is 9. The van der Waals surface area contributed by atoms with E-state index in [9.17, 15) is 9.90 Å². The van der Waals surface area contributed by atoms with E-state index in [0.29, 0.717) is 35.7 Å². The van der Waals surface area contributed by atoms with Gasteiger partial charge in [-0.15, -0.1) is 0 Å². The number of aryl methyl sites for hydroxylation is 2. The molecular formula is C37H30F2N6O4. The zero-order chi connectivity index (χ0) is 34.1. The molecule has 5 heterocycles. The number of ether oxygens (including phenoxy) is 2. The first-order valence-corrected chi connectivity index (χ1v) is 15.6. The highest BCUT2D eigenvalue weighted by Gasteiger charge is 2.24. The summed E-state index contributed by atoms with van der Waals surface area (Å²) < 4.78 is 46.2. The highest BCUT2D eigenvalue weighted by Crippen LogP contribution is 2.29. The maximum Gasteiger partial charge on any atom is 0.335 e. The van der Waals surface area contributed by atoms with E-state index in [2.05, 4.69) is 31.9 Å². The average Bonchev–Trinajstić information content (AvgIpc) is 3.64. The largest absolute Gasteiger partial charge is 0.478 e. The van der Waals surface area contributed by atoms with Gasteiger partial charge in [0, 0.05) is 49.7 Å². The topological polar surface area (TPSA) is 117 Å². The zero-order valence-electron chi connectivity index (χ0n) is 26.7. The molecule has 1 atom stereocenters. The first-order valence-electron chi connectivity index (χ1n) is 15.6. The minimum atomic E-state index is -1.06. The number of fused-ring (bicyclic) bond motifs is 1. The third kappa shape index (κ3) is 6.88. The summed E-state index contributed by atoms with van der Waals surface area (Å²) in [5.74, 6) is 4.51. The molecule has 1 N–H and O–H groups in total. The molecule has 0 radical (unpaired) electrons. The van der Waals surface area contributed by atoms with Crippen molar-refractivity contribution in [3.63, 3.8) is 0 Å². The van der Waals surface area contributed by atoms with Gasteiger partial charge >= 0.3 is 5.97 Å². The first kappa shape index (κ1) is 31.7. The number of carboxylic acids is 1. The lowest BCUT2D eigenvalue weighted by Crippen LogP contribution is -2.31. The highest BCUT2D eigenvalue weighted by molar-refractivity contribution is 5.92. The molecule has 6 aromatic rings. The molecule has 1 aliphatic rings. The van der Waals surface area contributed by atoms with Crippen LogP contribution in [0.1, 0.15) is 50.6 Å². The van der Waals surface area contributed by atoms with Crippen LogP contribution in [-0.2, 0) is 31.4 Å². The number of carbonyl (C=O) groups is 1. The van der Waals surface area contributed by atoms with E-state index in [4.69, 9.17) is 9.47 Å². The number of nitrogens with zero attached hydrogens (tertiary/aromatic N) is 6. The van der Waals surface area contributed by atoms with Crippen molar-refractivity contribution in [1.82, 2.24) is 29.3 Å². The van der Waals surface area contributed by atoms with Crippen LogP contribution in [0.5, 0.6) is 5.88 Å². The molecule has 10 nitrogen and oxygen atoms in total. The summed E-state index contributed by atoms with van der Waals surface area (Å²) in [6, 6.07) is 13.7. The quantitative estimate of drug-likeness (QED) is 0.192. The van der Waals surface area contributed by atoms with Crippen LogP contribution < -0.4 is 4.74 Å². The molecule has 49 heavy (non-hydrogen) atoms. The second-order valence-corrected chi connectivity index (χ2v) is 11.8. The number of carboxylic acid groups (broad SMARTS) is 1. The van der Waals surface area contributed by atoms with Crippen LogP contribution >= 0.6 is 0 Å². The average molecular weight is 661 g/mol. The zero-order valence-corrected chi connectivity index (χ0v) is 26.7. The molecular weight excluding hydrogens is 630 g/mol. The number of halogens is 2. The summed E-state index contributed by atoms with van der Waals surface area (Å²) in [7, 11) is 1.83. The minimum absolute atomic E-state index is 0.0103. The van der Waals surface area contributed by atoms with Gasteiger partial charge in [-0.05, 0) is 66.9 Å². The molecule has 2 aromatic carbocycles. The first-order chi connectivity index (χ1) is 23.7. The number of hydrogen-bond acceptors (Lipinski definition) is 7. The molecule has 0 bridgehead atoms. The molecule has 1 saturated heterocycles. The van der Waals surface area contributed by atoms with Crippen LogP contribution in [0.3, 0.4) is 0 Å². The summed E-state index contributed by atoms with van der Waals surface area (Å²) in [6.07, 6.45) is 5.96. The van der Waals surface area contributed by atoms with Gasteiger partial charge in [-0.1, -0.05) is 17.9 Å². The van der Waals surface area contributed by atoms with Crippen molar-refractivity contribution >= 4 is 17.0 Å². The number of hydrogen-bond donors (Lipinski definition) is 1. The van der Waals surface area contributed by atoms with Crippen molar-refractivity contribution in [2.45, 2.75) is 39.0 Å². The third-order valence-electron chi connectivity index (χ3n) is 8.34. The van der Waals surface area contributed by atoms with Crippen molar-refractivity contribution < 1.29 is 28.2 Å². The maximum atomic E-state index is 15.6. The Morgan fingerprint density at radius 2 is 1.90 bits per heavy atom. The van der Waals surface area contributed by atoms with Gasteiger partial charge in [0.1, 0.15) is 24.1 Å². The molecule has 0 amide bonds. The fourth-order valence-electron chi connectivity index (χ4n) is 5.61. The molecule has 1 aliphatic heterocycles. The highest BCUT2D eigenvalue weighted by atomic mass is 19.1. The van der Waals surface area contributed by atoms with Gasteiger partial charge in [-0.25, -0.2) is 23.5 Å². The van der Waals surface area contributed by atoms with Crippen LogP contribution in [0.25, 0.3) is 22.3 Å². The lowest BCUT2D eigenvalue weighted by atomic mass is 10.0. The molecule has 7 rings (SSSR count). The van der Waals surface area contributed by atoms with E-state index >= 15 is 8.78 Å². The summed E-state index contributed by atoms with van der Waals surface area (Å²) in [5, 5.41) is 13.6. The molecule has 0 saturated carbocycles. The van der Waals surface area contributed by atoms with E-state index < -0.39 is 17.6 Å². The molecule has 12 heteroatoms. The summed E-state index contributed by atoms with van der Waals surface area (Å²) in [6.45, 7) is 3.10. The second-order valence-electron chi connectivity index (χ2n) is 11.8. The Kier molecular flexibility index (Phi) is 8.59. The number of aromatic carboxylic acids is 1. The van der Waals surface area contributed by atoms with Crippen LogP contribution in [0.15, 0.2) is 73.2 Å². The molecule has 246 valence electrons. The lowest BCUT2D eigenvalue weighted by molar-refractivity contribution is -0.0589. The number of benzene rings is 2. The van der Waals surface area contributed by atoms with Gasteiger partial charge < -0.3 is 19.1 Å². The predicted octanol–water partition coefficient (Wildman–Crippen LogP) is 5.87.